The van der Waals surface area contributed by atoms with E-state index < -0.39 is 11.5 Å². The molecular formula is C18H17NO4. The maximum Gasteiger partial charge on any atom is 0.343 e. The third kappa shape index (κ3) is 2.70. The van der Waals surface area contributed by atoms with Crippen molar-refractivity contribution in [2.24, 2.45) is 0 Å². The number of aromatic nitrogens is 1. The minimum Gasteiger partial charge on any atom is -0.465 e. The van der Waals surface area contributed by atoms with Gasteiger partial charge in [-0.1, -0.05) is 24.3 Å². The van der Waals surface area contributed by atoms with E-state index in [0.717, 1.165) is 11.1 Å². The number of rotatable bonds is 2. The van der Waals surface area contributed by atoms with E-state index in [1.165, 1.54) is 13.2 Å². The van der Waals surface area contributed by atoms with Gasteiger partial charge in [0.25, 0.3) is 5.56 Å². The SMILES string of the molecule is COC(=O)c1cc2c([nH]c1=O)CC(c1ccccc1C)CC2=O. The molecule has 1 heterocycles. The average Bonchev–Trinajstić information content (AvgIpc) is 2.54. The second-order valence-corrected chi connectivity index (χ2v) is 5.78. The fourth-order valence-corrected chi connectivity index (χ4v) is 3.16. The van der Waals surface area contributed by atoms with Crippen LogP contribution in [0.3, 0.4) is 0 Å². The number of aryl methyl sites for hydroxylation is 1. The summed E-state index contributed by atoms with van der Waals surface area (Å²) in [6, 6.07) is 9.29. The van der Waals surface area contributed by atoms with Crippen molar-refractivity contribution >= 4 is 11.8 Å². The summed E-state index contributed by atoms with van der Waals surface area (Å²) in [5, 5.41) is 0. The van der Waals surface area contributed by atoms with Crippen LogP contribution < -0.4 is 5.56 Å². The van der Waals surface area contributed by atoms with Crippen molar-refractivity contribution in [2.75, 3.05) is 7.11 Å². The smallest absolute Gasteiger partial charge is 0.343 e. The summed E-state index contributed by atoms with van der Waals surface area (Å²) in [5.41, 5.74) is 2.59. The predicted octanol–water partition coefficient (Wildman–Crippen LogP) is 2.38. The number of methoxy groups -OCH3 is 1. The van der Waals surface area contributed by atoms with Crippen molar-refractivity contribution in [2.45, 2.75) is 25.7 Å². The van der Waals surface area contributed by atoms with E-state index >= 15 is 0 Å². The lowest BCUT2D eigenvalue weighted by Gasteiger charge is -2.25. The van der Waals surface area contributed by atoms with Crippen molar-refractivity contribution in [1.82, 2.24) is 4.98 Å². The van der Waals surface area contributed by atoms with Crippen LogP contribution in [0.5, 0.6) is 0 Å². The van der Waals surface area contributed by atoms with Crippen LogP contribution in [-0.4, -0.2) is 23.8 Å². The summed E-state index contributed by atoms with van der Waals surface area (Å²) in [5.74, 6) is -0.764. The topological polar surface area (TPSA) is 76.2 Å². The summed E-state index contributed by atoms with van der Waals surface area (Å²) in [4.78, 5) is 38.8. The van der Waals surface area contributed by atoms with Crippen LogP contribution in [0.25, 0.3) is 0 Å². The number of Topliss-reactive ketones (excluding diaryl/α,β-unsaturated/α-hetero) is 1. The Morgan fingerprint density at radius 3 is 2.65 bits per heavy atom. The van der Waals surface area contributed by atoms with Gasteiger partial charge in [0.05, 0.1) is 7.11 Å². The number of benzene rings is 1. The van der Waals surface area contributed by atoms with Gasteiger partial charge in [-0.25, -0.2) is 4.79 Å². The van der Waals surface area contributed by atoms with Crippen LogP contribution in [-0.2, 0) is 11.2 Å². The number of ether oxygens (including phenoxy) is 1. The molecule has 1 aliphatic carbocycles. The number of carbonyl (C=O) groups is 2. The van der Waals surface area contributed by atoms with Crippen LogP contribution in [0, 0.1) is 6.92 Å². The second kappa shape index (κ2) is 5.83. The zero-order valence-electron chi connectivity index (χ0n) is 13.0. The summed E-state index contributed by atoms with van der Waals surface area (Å²) in [6.45, 7) is 2.01. The number of hydrogen-bond acceptors (Lipinski definition) is 4. The molecule has 1 aliphatic rings. The molecule has 1 aromatic carbocycles. The highest BCUT2D eigenvalue weighted by atomic mass is 16.5. The molecule has 0 saturated carbocycles. The molecular weight excluding hydrogens is 294 g/mol. The maximum absolute atomic E-state index is 12.5. The predicted molar refractivity (Wildman–Crippen MR) is 85.0 cm³/mol. The standard InChI is InChI=1S/C18H17NO4/c1-10-5-3-4-6-12(10)11-7-15-13(16(20)8-11)9-14(17(21)19-15)18(22)23-2/h3-6,9,11H,7-8H2,1-2H3,(H,19,21). The largest absolute Gasteiger partial charge is 0.465 e. The van der Waals surface area contributed by atoms with Gasteiger partial charge >= 0.3 is 5.97 Å². The summed E-state index contributed by atoms with van der Waals surface area (Å²) >= 11 is 0. The third-order valence-corrected chi connectivity index (χ3v) is 4.34. The fraction of sp³-hybridized carbons (Fsp3) is 0.278. The Hall–Kier alpha value is -2.69. The van der Waals surface area contributed by atoms with Crippen molar-refractivity contribution in [3.63, 3.8) is 0 Å². The van der Waals surface area contributed by atoms with Crippen LogP contribution in [0.2, 0.25) is 0 Å². The molecule has 0 radical (unpaired) electrons. The van der Waals surface area contributed by atoms with Crippen molar-refractivity contribution in [1.29, 1.82) is 0 Å². The number of pyridine rings is 1. The monoisotopic (exact) mass is 311 g/mol. The Morgan fingerprint density at radius 2 is 1.96 bits per heavy atom. The van der Waals surface area contributed by atoms with E-state index in [-0.39, 0.29) is 17.3 Å². The zero-order chi connectivity index (χ0) is 16.6. The van der Waals surface area contributed by atoms with Gasteiger partial charge in [0.2, 0.25) is 0 Å². The van der Waals surface area contributed by atoms with Gasteiger partial charge in [0, 0.05) is 17.7 Å². The van der Waals surface area contributed by atoms with Gasteiger partial charge in [-0.15, -0.1) is 0 Å². The molecule has 0 saturated heterocycles. The first-order valence-electron chi connectivity index (χ1n) is 7.44. The van der Waals surface area contributed by atoms with Gasteiger partial charge in [0.15, 0.2) is 5.78 Å². The Labute approximate surface area is 133 Å². The third-order valence-electron chi connectivity index (χ3n) is 4.34. The summed E-state index contributed by atoms with van der Waals surface area (Å²) < 4.78 is 4.58. The summed E-state index contributed by atoms with van der Waals surface area (Å²) in [7, 11) is 1.21. The van der Waals surface area contributed by atoms with E-state index in [4.69, 9.17) is 0 Å². The first kappa shape index (κ1) is 15.2. The molecule has 0 spiro atoms. The van der Waals surface area contributed by atoms with Gasteiger partial charge in [-0.3, -0.25) is 9.59 Å². The van der Waals surface area contributed by atoms with Crippen LogP contribution in [0.15, 0.2) is 35.1 Å². The van der Waals surface area contributed by atoms with Crippen molar-refractivity contribution < 1.29 is 14.3 Å². The molecule has 1 unspecified atom stereocenters. The summed E-state index contributed by atoms with van der Waals surface area (Å²) in [6.07, 6.45) is 0.938. The van der Waals surface area contributed by atoms with E-state index in [1.807, 2.05) is 31.2 Å². The normalized spacial score (nSPS) is 16.8. The quantitative estimate of drug-likeness (QED) is 0.864. The molecule has 0 aliphatic heterocycles. The van der Waals surface area contributed by atoms with Crippen molar-refractivity contribution in [3.8, 4) is 0 Å². The molecule has 23 heavy (non-hydrogen) atoms. The molecule has 3 rings (SSSR count). The Balaban J connectivity index is 2.03. The molecule has 5 heteroatoms. The molecule has 1 aromatic heterocycles. The van der Waals surface area contributed by atoms with Gasteiger partial charge in [-0.05, 0) is 36.5 Å². The first-order valence-corrected chi connectivity index (χ1v) is 7.44. The minimum atomic E-state index is -0.733. The molecule has 1 atom stereocenters. The number of carbonyl (C=O) groups excluding carboxylic acids is 2. The number of nitrogens with one attached hydrogen (secondary N) is 1. The number of fused-ring (bicyclic) bond motifs is 1. The number of hydrogen-bond donors (Lipinski definition) is 1. The Kier molecular flexibility index (Phi) is 3.86. The molecule has 1 N–H and O–H groups in total. The van der Waals surface area contributed by atoms with E-state index in [0.29, 0.717) is 24.1 Å². The zero-order valence-corrected chi connectivity index (χ0v) is 13.0. The molecule has 118 valence electrons. The van der Waals surface area contributed by atoms with Gasteiger partial charge < -0.3 is 9.72 Å². The second-order valence-electron chi connectivity index (χ2n) is 5.78. The van der Waals surface area contributed by atoms with Gasteiger partial charge in [0.1, 0.15) is 5.56 Å². The van der Waals surface area contributed by atoms with E-state index in [2.05, 4.69) is 9.72 Å². The fourth-order valence-electron chi connectivity index (χ4n) is 3.16. The molecule has 5 nitrogen and oxygen atoms in total. The maximum atomic E-state index is 12.5. The lowest BCUT2D eigenvalue weighted by molar-refractivity contribution is 0.0598. The van der Waals surface area contributed by atoms with Crippen LogP contribution in [0.1, 0.15) is 49.9 Å². The van der Waals surface area contributed by atoms with Crippen molar-refractivity contribution in [3.05, 3.63) is 68.6 Å². The molecule has 0 amide bonds. The Bertz CT molecular complexity index is 850. The van der Waals surface area contributed by atoms with E-state index in [1.54, 1.807) is 0 Å². The van der Waals surface area contributed by atoms with Crippen LogP contribution in [0.4, 0.5) is 0 Å². The number of H-pyrrole nitrogens is 1. The highest BCUT2D eigenvalue weighted by molar-refractivity contribution is 6.01. The Morgan fingerprint density at radius 1 is 1.22 bits per heavy atom. The highest BCUT2D eigenvalue weighted by Crippen LogP contribution is 2.33. The van der Waals surface area contributed by atoms with Gasteiger partial charge in [-0.2, -0.15) is 0 Å². The number of esters is 1. The van der Waals surface area contributed by atoms with Crippen LogP contribution >= 0.6 is 0 Å². The molecule has 0 bridgehead atoms. The molecule has 0 fully saturated rings. The first-order chi connectivity index (χ1) is 11.0. The average molecular weight is 311 g/mol. The highest BCUT2D eigenvalue weighted by Gasteiger charge is 2.29. The minimum absolute atomic E-state index is 0.0378. The number of ketones is 1. The van der Waals surface area contributed by atoms with E-state index in [9.17, 15) is 14.4 Å². The number of aromatic amines is 1. The lowest BCUT2D eigenvalue weighted by atomic mass is 9.80. The lowest BCUT2D eigenvalue weighted by Crippen LogP contribution is -2.27. The molecule has 2 aromatic rings.